The number of thioether (sulfide) groups is 1. The van der Waals surface area contributed by atoms with E-state index in [9.17, 15) is 18.0 Å². The summed E-state index contributed by atoms with van der Waals surface area (Å²) >= 11 is 1.18. The Balaban J connectivity index is 1.47. The molecule has 1 heterocycles. The van der Waals surface area contributed by atoms with Crippen LogP contribution in [-0.2, 0) is 11.3 Å². The number of amides is 1. The zero-order valence-corrected chi connectivity index (χ0v) is 17.6. The van der Waals surface area contributed by atoms with Crippen LogP contribution >= 0.6 is 11.8 Å². The van der Waals surface area contributed by atoms with Crippen molar-refractivity contribution in [1.29, 1.82) is 0 Å². The minimum Gasteiger partial charge on any atom is -0.330 e. The van der Waals surface area contributed by atoms with Crippen LogP contribution in [0, 0.1) is 5.92 Å². The quantitative estimate of drug-likeness (QED) is 0.542. The topological polar surface area (TPSA) is 51.0 Å². The van der Waals surface area contributed by atoms with Crippen LogP contribution in [0.25, 0.3) is 0 Å². The van der Waals surface area contributed by atoms with Gasteiger partial charge in [-0.2, -0.15) is 13.2 Å². The van der Waals surface area contributed by atoms with Crippen LogP contribution in [0.1, 0.15) is 49.9 Å². The molecule has 2 aliphatic carbocycles. The summed E-state index contributed by atoms with van der Waals surface area (Å²) in [5.41, 5.74) is 1.09. The van der Waals surface area contributed by atoms with Crippen molar-refractivity contribution in [1.82, 2.24) is 19.7 Å². The Hall–Kier alpha value is -2.03. The van der Waals surface area contributed by atoms with Crippen molar-refractivity contribution in [3.05, 3.63) is 41.7 Å². The monoisotopic (exact) mass is 438 g/mol. The van der Waals surface area contributed by atoms with E-state index < -0.39 is 24.7 Å². The summed E-state index contributed by atoms with van der Waals surface area (Å²) in [4.78, 5) is 13.7. The summed E-state index contributed by atoms with van der Waals surface area (Å²) in [6, 6.07) is 9.49. The molecule has 1 amide bonds. The van der Waals surface area contributed by atoms with Gasteiger partial charge in [0, 0.05) is 12.0 Å². The van der Waals surface area contributed by atoms with Crippen LogP contribution in [-0.4, -0.2) is 50.1 Å². The highest BCUT2D eigenvalue weighted by Crippen LogP contribution is 2.40. The van der Waals surface area contributed by atoms with Crippen molar-refractivity contribution in [3.63, 3.8) is 0 Å². The van der Waals surface area contributed by atoms with Crippen molar-refractivity contribution >= 4 is 17.7 Å². The van der Waals surface area contributed by atoms with Crippen LogP contribution in [0.15, 0.2) is 35.5 Å². The van der Waals surface area contributed by atoms with E-state index in [0.717, 1.165) is 42.0 Å². The summed E-state index contributed by atoms with van der Waals surface area (Å²) in [7, 11) is 0. The van der Waals surface area contributed by atoms with E-state index in [-0.39, 0.29) is 11.7 Å². The highest BCUT2D eigenvalue weighted by molar-refractivity contribution is 7.99. The molecule has 30 heavy (non-hydrogen) atoms. The summed E-state index contributed by atoms with van der Waals surface area (Å²) in [5, 5.41) is 9.16. The van der Waals surface area contributed by atoms with Gasteiger partial charge in [-0.15, -0.1) is 10.2 Å². The molecule has 2 saturated carbocycles. The minimum atomic E-state index is -4.41. The lowest BCUT2D eigenvalue weighted by molar-refractivity contribution is -0.164. The van der Waals surface area contributed by atoms with Crippen molar-refractivity contribution in [3.8, 4) is 0 Å². The number of nitrogens with zero attached hydrogens (tertiary/aromatic N) is 4. The molecule has 0 aliphatic heterocycles. The van der Waals surface area contributed by atoms with Crippen LogP contribution in [0.5, 0.6) is 0 Å². The third-order valence-corrected chi connectivity index (χ3v) is 6.61. The normalized spacial score (nSPS) is 17.7. The van der Waals surface area contributed by atoms with Crippen molar-refractivity contribution in [2.45, 2.75) is 62.4 Å². The summed E-state index contributed by atoms with van der Waals surface area (Å²) in [5.74, 6) is 0.865. The number of rotatable bonds is 9. The summed E-state index contributed by atoms with van der Waals surface area (Å²) in [6.45, 7) is 1.10. The van der Waals surface area contributed by atoms with Gasteiger partial charge in [-0.3, -0.25) is 4.79 Å². The molecule has 0 spiro atoms. The summed E-state index contributed by atoms with van der Waals surface area (Å²) < 4.78 is 41.2. The van der Waals surface area contributed by atoms with Gasteiger partial charge in [0.05, 0.1) is 12.3 Å². The number of benzene rings is 1. The SMILES string of the molecule is C[C@@H](C1CC1)N(CC(F)(F)F)C(=O)CSc1nnc(C2CC2)n1Cc1ccccc1. The first-order valence-corrected chi connectivity index (χ1v) is 11.3. The second-order valence-electron chi connectivity index (χ2n) is 8.19. The van der Waals surface area contributed by atoms with Crippen LogP contribution in [0.2, 0.25) is 0 Å². The van der Waals surface area contributed by atoms with E-state index in [4.69, 9.17) is 0 Å². The van der Waals surface area contributed by atoms with Crippen LogP contribution < -0.4 is 0 Å². The first-order valence-electron chi connectivity index (χ1n) is 10.3. The largest absolute Gasteiger partial charge is 0.406 e. The molecule has 1 aromatic heterocycles. The van der Waals surface area contributed by atoms with E-state index >= 15 is 0 Å². The van der Waals surface area contributed by atoms with Gasteiger partial charge < -0.3 is 9.47 Å². The molecule has 0 saturated heterocycles. The van der Waals surface area contributed by atoms with E-state index in [0.29, 0.717) is 17.6 Å². The highest BCUT2D eigenvalue weighted by atomic mass is 32.2. The predicted molar refractivity (Wildman–Crippen MR) is 108 cm³/mol. The standard InChI is InChI=1S/C21H25F3N4OS/c1-14(16-7-8-16)28(13-21(22,23)24)18(29)12-30-20-26-25-19(17-9-10-17)27(20)11-15-5-3-2-4-6-15/h2-6,14,16-17H,7-13H2,1H3/t14-/m0/s1. The predicted octanol–water partition coefficient (Wildman–Crippen LogP) is 4.49. The van der Waals surface area contributed by atoms with Crippen molar-refractivity contribution in [2.75, 3.05) is 12.3 Å². The minimum absolute atomic E-state index is 0.0786. The van der Waals surface area contributed by atoms with E-state index in [1.54, 1.807) is 6.92 Å². The number of hydrogen-bond donors (Lipinski definition) is 0. The third kappa shape index (κ3) is 5.36. The van der Waals surface area contributed by atoms with Gasteiger partial charge in [0.2, 0.25) is 5.91 Å². The Labute approximate surface area is 178 Å². The molecule has 0 N–H and O–H groups in total. The zero-order chi connectivity index (χ0) is 21.3. The van der Waals surface area contributed by atoms with Gasteiger partial charge >= 0.3 is 6.18 Å². The average Bonchev–Trinajstić information content (AvgIpc) is 3.62. The van der Waals surface area contributed by atoms with Gasteiger partial charge in [-0.05, 0) is 44.1 Å². The number of alkyl halides is 3. The van der Waals surface area contributed by atoms with Gasteiger partial charge in [-0.25, -0.2) is 0 Å². The molecule has 2 fully saturated rings. The smallest absolute Gasteiger partial charge is 0.330 e. The first-order chi connectivity index (χ1) is 14.3. The second kappa shape index (κ2) is 8.61. The van der Waals surface area contributed by atoms with Crippen molar-refractivity contribution < 1.29 is 18.0 Å². The Kier molecular flexibility index (Phi) is 6.09. The lowest BCUT2D eigenvalue weighted by Gasteiger charge is -2.30. The Morgan fingerprint density at radius 2 is 1.90 bits per heavy atom. The fourth-order valence-corrected chi connectivity index (χ4v) is 4.49. The molecular weight excluding hydrogens is 413 g/mol. The molecule has 9 heteroatoms. The Bertz CT molecular complexity index is 878. The molecule has 2 aromatic rings. The maximum Gasteiger partial charge on any atom is 0.406 e. The lowest BCUT2D eigenvalue weighted by Crippen LogP contribution is -2.46. The third-order valence-electron chi connectivity index (χ3n) is 5.66. The molecule has 162 valence electrons. The number of carbonyl (C=O) groups is 1. The van der Waals surface area contributed by atoms with Gasteiger partial charge in [0.1, 0.15) is 12.4 Å². The average molecular weight is 439 g/mol. The molecule has 0 radical (unpaired) electrons. The van der Waals surface area contributed by atoms with E-state index in [1.807, 2.05) is 34.9 Å². The fourth-order valence-electron chi connectivity index (χ4n) is 3.66. The maximum absolute atomic E-state index is 13.1. The van der Waals surface area contributed by atoms with Gasteiger partial charge in [0.15, 0.2) is 5.16 Å². The van der Waals surface area contributed by atoms with Gasteiger partial charge in [0.25, 0.3) is 0 Å². The Morgan fingerprint density at radius 3 is 2.50 bits per heavy atom. The molecule has 5 nitrogen and oxygen atoms in total. The molecular formula is C21H25F3N4OS. The number of aromatic nitrogens is 3. The van der Waals surface area contributed by atoms with Crippen LogP contribution in [0.3, 0.4) is 0 Å². The zero-order valence-electron chi connectivity index (χ0n) is 16.8. The van der Waals surface area contributed by atoms with E-state index in [1.165, 1.54) is 11.8 Å². The maximum atomic E-state index is 13.1. The molecule has 1 atom stereocenters. The lowest BCUT2D eigenvalue weighted by atomic mass is 10.2. The fraction of sp³-hybridized carbons (Fsp3) is 0.571. The highest BCUT2D eigenvalue weighted by Gasteiger charge is 2.40. The Morgan fingerprint density at radius 1 is 1.20 bits per heavy atom. The number of hydrogen-bond acceptors (Lipinski definition) is 4. The van der Waals surface area contributed by atoms with Crippen molar-refractivity contribution in [2.24, 2.45) is 5.92 Å². The van der Waals surface area contributed by atoms with Crippen LogP contribution in [0.4, 0.5) is 13.2 Å². The number of halogens is 3. The molecule has 0 unspecified atom stereocenters. The molecule has 0 bridgehead atoms. The second-order valence-corrected chi connectivity index (χ2v) is 9.13. The number of carbonyl (C=O) groups excluding carboxylic acids is 1. The summed E-state index contributed by atoms with van der Waals surface area (Å²) in [6.07, 6.45) is -0.516. The molecule has 4 rings (SSSR count). The van der Waals surface area contributed by atoms with Gasteiger partial charge in [-0.1, -0.05) is 42.1 Å². The molecule has 2 aliphatic rings. The first kappa shape index (κ1) is 21.2. The van der Waals surface area contributed by atoms with E-state index in [2.05, 4.69) is 10.2 Å². The molecule has 1 aromatic carbocycles.